The molecule has 0 spiro atoms. The van der Waals surface area contributed by atoms with Gasteiger partial charge in [0.1, 0.15) is 6.54 Å². The SMILES string of the molecule is CCCNC(=O)CN1C(=O)C(C)(C)Oc2ccc([N+](=O)[O-])nc21. The van der Waals surface area contributed by atoms with Gasteiger partial charge in [-0.15, -0.1) is 0 Å². The van der Waals surface area contributed by atoms with E-state index in [0.29, 0.717) is 6.54 Å². The molecule has 1 aromatic heterocycles. The molecule has 1 aliphatic rings. The van der Waals surface area contributed by atoms with Crippen LogP contribution >= 0.6 is 0 Å². The molecule has 0 unspecified atom stereocenters. The van der Waals surface area contributed by atoms with Crippen LogP contribution in [-0.2, 0) is 9.59 Å². The van der Waals surface area contributed by atoms with Crippen LogP contribution in [0.25, 0.3) is 0 Å². The number of ether oxygens (including phenoxy) is 1. The molecule has 0 saturated carbocycles. The molecule has 0 aliphatic carbocycles. The predicted molar refractivity (Wildman–Crippen MR) is 81.3 cm³/mol. The third-order valence-electron chi connectivity index (χ3n) is 3.27. The molecule has 0 saturated heterocycles. The number of hydrogen-bond donors (Lipinski definition) is 1. The van der Waals surface area contributed by atoms with Crippen molar-refractivity contribution in [2.24, 2.45) is 0 Å². The molecular weight excluding hydrogens is 304 g/mol. The van der Waals surface area contributed by atoms with E-state index in [1.54, 1.807) is 13.8 Å². The Bertz CT molecular complexity index is 659. The molecule has 0 radical (unpaired) electrons. The summed E-state index contributed by atoms with van der Waals surface area (Å²) in [5, 5.41) is 13.5. The van der Waals surface area contributed by atoms with Crippen LogP contribution in [0.4, 0.5) is 11.6 Å². The van der Waals surface area contributed by atoms with E-state index in [4.69, 9.17) is 4.74 Å². The number of aromatic nitrogens is 1. The Morgan fingerprint density at radius 1 is 1.48 bits per heavy atom. The van der Waals surface area contributed by atoms with Crippen molar-refractivity contribution < 1.29 is 19.2 Å². The molecule has 2 heterocycles. The zero-order chi connectivity index (χ0) is 17.2. The first-order valence-corrected chi connectivity index (χ1v) is 7.19. The highest BCUT2D eigenvalue weighted by Gasteiger charge is 2.45. The molecule has 0 fully saturated rings. The zero-order valence-electron chi connectivity index (χ0n) is 13.2. The lowest BCUT2D eigenvalue weighted by Crippen LogP contribution is -2.55. The Balaban J connectivity index is 2.39. The Morgan fingerprint density at radius 2 is 2.17 bits per heavy atom. The van der Waals surface area contributed by atoms with Gasteiger partial charge in [-0.3, -0.25) is 14.5 Å². The number of fused-ring (bicyclic) bond motifs is 1. The van der Waals surface area contributed by atoms with E-state index in [1.165, 1.54) is 12.1 Å². The van der Waals surface area contributed by atoms with Crippen molar-refractivity contribution in [3.63, 3.8) is 0 Å². The molecule has 0 atom stereocenters. The highest BCUT2D eigenvalue weighted by molar-refractivity contribution is 6.05. The van der Waals surface area contributed by atoms with Gasteiger partial charge in [-0.05, 0) is 36.2 Å². The zero-order valence-corrected chi connectivity index (χ0v) is 13.2. The summed E-state index contributed by atoms with van der Waals surface area (Å²) in [6.07, 6.45) is 0.759. The van der Waals surface area contributed by atoms with Gasteiger partial charge >= 0.3 is 5.82 Å². The summed E-state index contributed by atoms with van der Waals surface area (Å²) in [7, 11) is 0. The smallest absolute Gasteiger partial charge is 0.366 e. The number of anilines is 1. The first-order chi connectivity index (χ1) is 10.8. The minimum absolute atomic E-state index is 0.0184. The molecule has 23 heavy (non-hydrogen) atoms. The number of nitrogens with zero attached hydrogens (tertiary/aromatic N) is 3. The second-order valence-electron chi connectivity index (χ2n) is 5.60. The normalized spacial score (nSPS) is 15.6. The number of hydrogen-bond acceptors (Lipinski definition) is 6. The van der Waals surface area contributed by atoms with Gasteiger partial charge in [-0.25, -0.2) is 0 Å². The summed E-state index contributed by atoms with van der Waals surface area (Å²) >= 11 is 0. The van der Waals surface area contributed by atoms with Crippen molar-refractivity contribution in [3.05, 3.63) is 22.2 Å². The first-order valence-electron chi connectivity index (χ1n) is 7.19. The van der Waals surface area contributed by atoms with Gasteiger partial charge in [0.25, 0.3) is 11.7 Å². The molecule has 124 valence electrons. The third kappa shape index (κ3) is 3.38. The van der Waals surface area contributed by atoms with Crippen LogP contribution in [0.3, 0.4) is 0 Å². The molecule has 1 aliphatic heterocycles. The summed E-state index contributed by atoms with van der Waals surface area (Å²) in [4.78, 5) is 39.6. The highest BCUT2D eigenvalue weighted by atomic mass is 16.6. The van der Waals surface area contributed by atoms with Gasteiger partial charge < -0.3 is 20.2 Å². The van der Waals surface area contributed by atoms with Crippen LogP contribution < -0.4 is 15.0 Å². The summed E-state index contributed by atoms with van der Waals surface area (Å²) < 4.78 is 5.55. The number of rotatable bonds is 5. The van der Waals surface area contributed by atoms with Crippen LogP contribution in [0.15, 0.2) is 12.1 Å². The topological polar surface area (TPSA) is 115 Å². The van der Waals surface area contributed by atoms with E-state index < -0.39 is 22.2 Å². The fourth-order valence-electron chi connectivity index (χ4n) is 2.15. The number of pyridine rings is 1. The summed E-state index contributed by atoms with van der Waals surface area (Å²) in [6.45, 7) is 5.25. The van der Waals surface area contributed by atoms with Crippen molar-refractivity contribution in [1.82, 2.24) is 10.3 Å². The van der Waals surface area contributed by atoms with Gasteiger partial charge in [0.05, 0.1) is 0 Å². The van der Waals surface area contributed by atoms with Crippen molar-refractivity contribution in [3.8, 4) is 5.75 Å². The molecule has 1 aromatic rings. The van der Waals surface area contributed by atoms with Gasteiger partial charge in [-0.1, -0.05) is 6.92 Å². The predicted octanol–water partition coefficient (Wildman–Crippen LogP) is 1.02. The second kappa shape index (κ2) is 6.19. The molecule has 0 aromatic carbocycles. The quantitative estimate of drug-likeness (QED) is 0.639. The van der Waals surface area contributed by atoms with Crippen molar-refractivity contribution >= 4 is 23.5 Å². The Hall–Kier alpha value is -2.71. The lowest BCUT2D eigenvalue weighted by molar-refractivity contribution is -0.389. The Morgan fingerprint density at radius 3 is 2.78 bits per heavy atom. The van der Waals surface area contributed by atoms with E-state index in [9.17, 15) is 19.7 Å². The van der Waals surface area contributed by atoms with Crippen LogP contribution in [0.1, 0.15) is 27.2 Å². The van der Waals surface area contributed by atoms with Crippen LogP contribution in [0, 0.1) is 10.1 Å². The fraction of sp³-hybridized carbons (Fsp3) is 0.500. The molecule has 9 heteroatoms. The maximum absolute atomic E-state index is 12.5. The largest absolute Gasteiger partial charge is 0.472 e. The molecule has 1 N–H and O–H groups in total. The van der Waals surface area contributed by atoms with Crippen LogP contribution in [0.5, 0.6) is 5.75 Å². The van der Waals surface area contributed by atoms with Gasteiger partial charge in [-0.2, -0.15) is 0 Å². The Labute approximate surface area is 132 Å². The molecule has 2 amide bonds. The lowest BCUT2D eigenvalue weighted by Gasteiger charge is -2.35. The number of nitro groups is 1. The van der Waals surface area contributed by atoms with Crippen molar-refractivity contribution in [2.75, 3.05) is 18.0 Å². The summed E-state index contributed by atoms with van der Waals surface area (Å²) in [6, 6.07) is 2.58. The third-order valence-corrected chi connectivity index (χ3v) is 3.27. The van der Waals surface area contributed by atoms with Gasteiger partial charge in [0.15, 0.2) is 11.4 Å². The minimum Gasteiger partial charge on any atom is -0.472 e. The maximum atomic E-state index is 12.5. The molecule has 9 nitrogen and oxygen atoms in total. The lowest BCUT2D eigenvalue weighted by atomic mass is 10.1. The number of carbonyl (C=O) groups excluding carboxylic acids is 2. The molecule has 2 rings (SSSR count). The standard InChI is InChI=1S/C14H18N4O5/c1-4-7-15-11(19)8-17-12-9(23-14(2,3)13(17)20)5-6-10(16-12)18(21)22/h5-6H,4,7-8H2,1-3H3,(H,15,19). The van der Waals surface area contributed by atoms with Crippen LogP contribution in [0.2, 0.25) is 0 Å². The minimum atomic E-state index is -1.18. The Kier molecular flexibility index (Phi) is 4.48. The van der Waals surface area contributed by atoms with Gasteiger partial charge in [0, 0.05) is 12.6 Å². The van der Waals surface area contributed by atoms with Crippen molar-refractivity contribution in [2.45, 2.75) is 32.8 Å². The average molecular weight is 322 g/mol. The molecular formula is C14H18N4O5. The van der Waals surface area contributed by atoms with E-state index in [0.717, 1.165) is 11.3 Å². The first kappa shape index (κ1) is 16.7. The number of amides is 2. The monoisotopic (exact) mass is 322 g/mol. The van der Waals surface area contributed by atoms with E-state index in [1.807, 2.05) is 6.92 Å². The second-order valence-corrected chi connectivity index (χ2v) is 5.60. The van der Waals surface area contributed by atoms with E-state index >= 15 is 0 Å². The average Bonchev–Trinajstić information content (AvgIpc) is 2.49. The van der Waals surface area contributed by atoms with Crippen molar-refractivity contribution in [1.29, 1.82) is 0 Å². The molecule has 0 bridgehead atoms. The maximum Gasteiger partial charge on any atom is 0.366 e. The number of nitrogens with one attached hydrogen (secondary N) is 1. The summed E-state index contributed by atoms with van der Waals surface area (Å²) in [5.74, 6) is -1.06. The highest BCUT2D eigenvalue weighted by Crippen LogP contribution is 2.37. The number of carbonyl (C=O) groups is 2. The van der Waals surface area contributed by atoms with E-state index in [-0.39, 0.29) is 24.0 Å². The van der Waals surface area contributed by atoms with E-state index in [2.05, 4.69) is 10.3 Å². The summed E-state index contributed by atoms with van der Waals surface area (Å²) in [5.41, 5.74) is -1.18. The van der Waals surface area contributed by atoms with Crippen LogP contribution in [-0.4, -0.2) is 40.4 Å². The fourth-order valence-corrected chi connectivity index (χ4v) is 2.15. The van der Waals surface area contributed by atoms with Gasteiger partial charge in [0.2, 0.25) is 5.91 Å².